The van der Waals surface area contributed by atoms with Crippen LogP contribution >= 0.6 is 0 Å². The molecular formula is C8H9N2. The van der Waals surface area contributed by atoms with Crippen molar-refractivity contribution in [3.63, 3.8) is 0 Å². The summed E-state index contributed by atoms with van der Waals surface area (Å²) in [5.41, 5.74) is 0. The Hall–Kier alpha value is -1.18. The van der Waals surface area contributed by atoms with Gasteiger partial charge in [0.05, 0.1) is 6.42 Å². The second kappa shape index (κ2) is 3.77. The fourth-order valence-corrected chi connectivity index (χ4v) is 0.579. The molecule has 1 aromatic rings. The molecule has 0 aliphatic rings. The van der Waals surface area contributed by atoms with Gasteiger partial charge in [-0.15, -0.1) is 0 Å². The lowest BCUT2D eigenvalue weighted by Gasteiger charge is -1.89. The first kappa shape index (κ1) is 6.93. The summed E-state index contributed by atoms with van der Waals surface area (Å²) in [7, 11) is 0. The van der Waals surface area contributed by atoms with Crippen molar-refractivity contribution in [1.82, 2.24) is 9.97 Å². The molecule has 0 atom stereocenters. The molecule has 0 aliphatic heterocycles. The Morgan fingerprint density at radius 2 is 2.00 bits per heavy atom. The van der Waals surface area contributed by atoms with Crippen LogP contribution < -0.4 is 0 Å². The van der Waals surface area contributed by atoms with E-state index in [0.717, 1.165) is 5.82 Å². The number of aromatic nitrogens is 2. The highest BCUT2D eigenvalue weighted by Crippen LogP contribution is 1.92. The summed E-state index contributed by atoms with van der Waals surface area (Å²) >= 11 is 0. The van der Waals surface area contributed by atoms with Crippen molar-refractivity contribution in [3.05, 3.63) is 42.9 Å². The second-order valence-electron chi connectivity index (χ2n) is 1.80. The zero-order valence-electron chi connectivity index (χ0n) is 5.86. The van der Waals surface area contributed by atoms with Crippen molar-refractivity contribution >= 4 is 0 Å². The van der Waals surface area contributed by atoms with Crippen LogP contribution in [0.2, 0.25) is 0 Å². The minimum absolute atomic E-state index is 0.751. The Kier molecular flexibility index (Phi) is 2.62. The summed E-state index contributed by atoms with van der Waals surface area (Å²) < 4.78 is 0. The zero-order valence-corrected chi connectivity index (χ0v) is 5.86. The van der Waals surface area contributed by atoms with Gasteiger partial charge >= 0.3 is 0 Å². The second-order valence-corrected chi connectivity index (χ2v) is 1.80. The van der Waals surface area contributed by atoms with E-state index in [4.69, 9.17) is 0 Å². The van der Waals surface area contributed by atoms with Crippen molar-refractivity contribution in [3.8, 4) is 0 Å². The molecule has 0 amide bonds. The molecule has 0 fully saturated rings. The Balaban J connectivity index is 2.59. The Morgan fingerprint density at radius 1 is 1.30 bits per heavy atom. The van der Waals surface area contributed by atoms with Crippen molar-refractivity contribution < 1.29 is 0 Å². The maximum absolute atomic E-state index is 4.00. The number of allylic oxidation sites excluding steroid dienone is 2. The molecule has 1 rings (SSSR count). The molecule has 2 heteroatoms. The molecule has 1 radical (unpaired) electrons. The van der Waals surface area contributed by atoms with E-state index in [2.05, 4.69) is 9.97 Å². The van der Waals surface area contributed by atoms with E-state index in [1.165, 1.54) is 0 Å². The van der Waals surface area contributed by atoms with E-state index in [1.54, 1.807) is 18.5 Å². The maximum Gasteiger partial charge on any atom is 0.136 e. The first-order chi connectivity index (χ1) is 4.93. The maximum atomic E-state index is 4.00. The van der Waals surface area contributed by atoms with E-state index in [9.17, 15) is 0 Å². The summed E-state index contributed by atoms with van der Waals surface area (Å²) in [5.74, 6) is 0.751. The van der Waals surface area contributed by atoms with Gasteiger partial charge in [0.2, 0.25) is 0 Å². The molecule has 0 saturated heterocycles. The van der Waals surface area contributed by atoms with Gasteiger partial charge in [-0.2, -0.15) is 0 Å². The van der Waals surface area contributed by atoms with Crippen LogP contribution in [0.3, 0.4) is 0 Å². The average Bonchev–Trinajstić information content (AvgIpc) is 2.03. The number of nitrogens with zero attached hydrogens (tertiary/aromatic N) is 2. The van der Waals surface area contributed by atoms with Crippen LogP contribution in [-0.2, 0) is 0 Å². The molecule has 0 unspecified atom stereocenters. The minimum Gasteiger partial charge on any atom is -0.241 e. The van der Waals surface area contributed by atoms with Gasteiger partial charge in [-0.3, -0.25) is 0 Å². The number of rotatable bonds is 2. The van der Waals surface area contributed by atoms with E-state index >= 15 is 0 Å². The molecule has 0 aromatic carbocycles. The quantitative estimate of drug-likeness (QED) is 0.612. The lowest BCUT2D eigenvalue weighted by Crippen LogP contribution is -1.86. The van der Waals surface area contributed by atoms with Gasteiger partial charge in [-0.05, 0) is 13.0 Å². The fourth-order valence-electron chi connectivity index (χ4n) is 0.579. The summed E-state index contributed by atoms with van der Waals surface area (Å²) in [5, 5.41) is 0. The standard InChI is InChI=1S/C8H9N2/c1-2-3-5-8-9-6-4-7-10-8/h2-7H,1H3. The highest BCUT2D eigenvalue weighted by molar-refractivity contribution is 5.11. The topological polar surface area (TPSA) is 25.8 Å². The smallest absolute Gasteiger partial charge is 0.136 e. The van der Waals surface area contributed by atoms with Crippen LogP contribution in [-0.4, -0.2) is 9.97 Å². The normalized spacial score (nSPS) is 10.5. The first-order valence-electron chi connectivity index (χ1n) is 3.16. The molecule has 2 nitrogen and oxygen atoms in total. The van der Waals surface area contributed by atoms with Crippen LogP contribution in [0.25, 0.3) is 0 Å². The number of hydrogen-bond donors (Lipinski definition) is 0. The molecule has 0 saturated carbocycles. The van der Waals surface area contributed by atoms with Gasteiger partial charge in [0.15, 0.2) is 0 Å². The van der Waals surface area contributed by atoms with Gasteiger partial charge < -0.3 is 0 Å². The van der Waals surface area contributed by atoms with E-state index in [1.807, 2.05) is 25.5 Å². The molecule has 0 aliphatic carbocycles. The van der Waals surface area contributed by atoms with Crippen LogP contribution in [0.4, 0.5) is 0 Å². The Labute approximate surface area is 60.6 Å². The molecular weight excluding hydrogens is 124 g/mol. The summed E-state index contributed by atoms with van der Waals surface area (Å²) in [6, 6.07) is 1.80. The van der Waals surface area contributed by atoms with Gasteiger partial charge in [0, 0.05) is 12.4 Å². The predicted molar refractivity (Wildman–Crippen MR) is 40.2 cm³/mol. The summed E-state index contributed by atoms with van der Waals surface area (Å²) in [4.78, 5) is 8.00. The third kappa shape index (κ3) is 1.97. The molecule has 1 aromatic heterocycles. The molecule has 0 spiro atoms. The molecule has 51 valence electrons. The zero-order chi connectivity index (χ0) is 7.23. The van der Waals surface area contributed by atoms with Gasteiger partial charge in [-0.25, -0.2) is 9.97 Å². The van der Waals surface area contributed by atoms with Crippen molar-refractivity contribution in [1.29, 1.82) is 0 Å². The molecule has 1 heterocycles. The lowest BCUT2D eigenvalue weighted by atomic mass is 10.3. The fraction of sp³-hybridized carbons (Fsp3) is 0.125. The Morgan fingerprint density at radius 3 is 2.60 bits per heavy atom. The third-order valence-corrected chi connectivity index (χ3v) is 1.02. The predicted octanol–water partition coefficient (Wildman–Crippen LogP) is 1.61. The average molecular weight is 133 g/mol. The van der Waals surface area contributed by atoms with E-state index in [0.29, 0.717) is 0 Å². The number of hydrogen-bond acceptors (Lipinski definition) is 2. The van der Waals surface area contributed by atoms with Crippen LogP contribution in [0.5, 0.6) is 0 Å². The van der Waals surface area contributed by atoms with Gasteiger partial charge in [0.1, 0.15) is 5.82 Å². The highest BCUT2D eigenvalue weighted by atomic mass is 14.8. The monoisotopic (exact) mass is 133 g/mol. The van der Waals surface area contributed by atoms with Gasteiger partial charge in [0.25, 0.3) is 0 Å². The highest BCUT2D eigenvalue weighted by Gasteiger charge is 1.87. The van der Waals surface area contributed by atoms with Crippen LogP contribution in [0, 0.1) is 6.42 Å². The SMILES string of the molecule is CC=C[CH]c1ncccn1. The van der Waals surface area contributed by atoms with Gasteiger partial charge in [-0.1, -0.05) is 12.2 Å². The first-order valence-corrected chi connectivity index (χ1v) is 3.16. The Bertz CT molecular complexity index is 204. The van der Waals surface area contributed by atoms with Crippen molar-refractivity contribution in [2.24, 2.45) is 0 Å². The van der Waals surface area contributed by atoms with Crippen LogP contribution in [0.1, 0.15) is 12.7 Å². The van der Waals surface area contributed by atoms with Crippen molar-refractivity contribution in [2.75, 3.05) is 0 Å². The molecule has 10 heavy (non-hydrogen) atoms. The summed E-state index contributed by atoms with van der Waals surface area (Å²) in [6.07, 6.45) is 9.16. The molecule has 0 N–H and O–H groups in total. The lowest BCUT2D eigenvalue weighted by molar-refractivity contribution is 1.08. The van der Waals surface area contributed by atoms with E-state index in [-0.39, 0.29) is 0 Å². The van der Waals surface area contributed by atoms with E-state index < -0.39 is 0 Å². The third-order valence-electron chi connectivity index (χ3n) is 1.02. The minimum atomic E-state index is 0.751. The van der Waals surface area contributed by atoms with Crippen LogP contribution in [0.15, 0.2) is 30.6 Å². The molecule has 0 bridgehead atoms. The van der Waals surface area contributed by atoms with Crippen molar-refractivity contribution in [2.45, 2.75) is 6.92 Å². The summed E-state index contributed by atoms with van der Waals surface area (Å²) in [6.45, 7) is 1.96. The largest absolute Gasteiger partial charge is 0.241 e.